The lowest BCUT2D eigenvalue weighted by Crippen LogP contribution is -2.20. The molecule has 1 N–H and O–H groups in total. The normalized spacial score (nSPS) is 18.1. The van der Waals surface area contributed by atoms with Gasteiger partial charge in [-0.1, -0.05) is 24.1 Å². The van der Waals surface area contributed by atoms with Crippen LogP contribution in [0.5, 0.6) is 0 Å². The molecule has 0 radical (unpaired) electrons. The van der Waals surface area contributed by atoms with Crippen LogP contribution < -0.4 is 5.32 Å². The molecule has 0 aromatic heterocycles. The highest BCUT2D eigenvalue weighted by molar-refractivity contribution is 14.1. The predicted octanol–water partition coefficient (Wildman–Crippen LogP) is 4.58. The maximum absolute atomic E-state index is 13.2. The molecule has 0 saturated heterocycles. The fraction of sp³-hybridized carbons (Fsp3) is 0.467. The fourth-order valence-corrected chi connectivity index (χ4v) is 3.37. The van der Waals surface area contributed by atoms with Crippen molar-refractivity contribution in [1.29, 1.82) is 0 Å². The lowest BCUT2D eigenvalue weighted by atomic mass is 9.95. The van der Waals surface area contributed by atoms with Gasteiger partial charge in [-0.15, -0.1) is 0 Å². The molecule has 1 aromatic carbocycles. The van der Waals surface area contributed by atoms with Crippen molar-refractivity contribution in [3.05, 3.63) is 44.8 Å². The van der Waals surface area contributed by atoms with Crippen molar-refractivity contribution >= 4 is 22.6 Å². The minimum atomic E-state index is -0.159. The Labute approximate surface area is 122 Å². The van der Waals surface area contributed by atoms with Gasteiger partial charge in [-0.2, -0.15) is 0 Å². The number of hydrogen-bond donors (Lipinski definition) is 1. The van der Waals surface area contributed by atoms with E-state index in [4.69, 9.17) is 0 Å². The van der Waals surface area contributed by atoms with Crippen molar-refractivity contribution in [1.82, 2.24) is 5.32 Å². The number of rotatable bonds is 3. The van der Waals surface area contributed by atoms with Crippen LogP contribution in [0, 0.1) is 9.39 Å². The lowest BCUT2D eigenvalue weighted by molar-refractivity contribution is 0.610. The van der Waals surface area contributed by atoms with E-state index in [9.17, 15) is 4.39 Å². The van der Waals surface area contributed by atoms with E-state index in [1.54, 1.807) is 12.1 Å². The Kier molecular flexibility index (Phi) is 5.18. The second-order valence-corrected chi connectivity index (χ2v) is 5.93. The van der Waals surface area contributed by atoms with Gasteiger partial charge in [0.1, 0.15) is 5.82 Å². The molecular formula is C15H19FIN. The molecule has 2 rings (SSSR count). The number of likely N-dealkylation sites (N-methyl/N-ethyl adjacent to an activating group) is 1. The number of allylic oxidation sites excluding steroid dienone is 1. The molecule has 0 amide bonds. The first-order valence-corrected chi connectivity index (χ1v) is 7.61. The highest BCUT2D eigenvalue weighted by Crippen LogP contribution is 2.31. The number of benzene rings is 1. The van der Waals surface area contributed by atoms with Crippen LogP contribution in [0.15, 0.2) is 29.8 Å². The van der Waals surface area contributed by atoms with E-state index in [2.05, 4.69) is 34.0 Å². The van der Waals surface area contributed by atoms with Crippen LogP contribution in [0.25, 0.3) is 0 Å². The second-order valence-electron chi connectivity index (χ2n) is 4.77. The Bertz CT molecular complexity index is 442. The van der Waals surface area contributed by atoms with Crippen LogP contribution >= 0.6 is 22.6 Å². The Hall–Kier alpha value is -0.420. The SMILES string of the molecule is CNC(C1=CCCCCC1)c1ccc(F)cc1I. The van der Waals surface area contributed by atoms with Gasteiger partial charge in [-0.05, 0) is 73.0 Å². The molecule has 1 atom stereocenters. The zero-order chi connectivity index (χ0) is 13.0. The quantitative estimate of drug-likeness (QED) is 0.615. The van der Waals surface area contributed by atoms with Crippen LogP contribution in [0.3, 0.4) is 0 Å². The van der Waals surface area contributed by atoms with Gasteiger partial charge < -0.3 is 5.32 Å². The molecule has 0 bridgehead atoms. The van der Waals surface area contributed by atoms with Crippen molar-refractivity contribution in [2.24, 2.45) is 0 Å². The van der Waals surface area contributed by atoms with E-state index in [0.29, 0.717) is 0 Å². The van der Waals surface area contributed by atoms with E-state index in [-0.39, 0.29) is 11.9 Å². The molecule has 1 aromatic rings. The highest BCUT2D eigenvalue weighted by atomic mass is 127. The molecule has 98 valence electrons. The Balaban J connectivity index is 2.29. The summed E-state index contributed by atoms with van der Waals surface area (Å²) in [6.45, 7) is 0. The highest BCUT2D eigenvalue weighted by Gasteiger charge is 2.18. The summed E-state index contributed by atoms with van der Waals surface area (Å²) in [6.07, 6.45) is 8.57. The summed E-state index contributed by atoms with van der Waals surface area (Å²) >= 11 is 2.22. The Morgan fingerprint density at radius 3 is 2.83 bits per heavy atom. The molecule has 1 nitrogen and oxygen atoms in total. The topological polar surface area (TPSA) is 12.0 Å². The molecule has 3 heteroatoms. The molecular weight excluding hydrogens is 340 g/mol. The van der Waals surface area contributed by atoms with E-state index in [1.807, 2.05) is 13.1 Å². The summed E-state index contributed by atoms with van der Waals surface area (Å²) in [6, 6.07) is 5.30. The number of halogens is 2. The molecule has 18 heavy (non-hydrogen) atoms. The van der Waals surface area contributed by atoms with E-state index < -0.39 is 0 Å². The lowest BCUT2D eigenvalue weighted by Gasteiger charge is -2.21. The fourth-order valence-electron chi connectivity index (χ4n) is 2.58. The summed E-state index contributed by atoms with van der Waals surface area (Å²) in [5.74, 6) is -0.159. The van der Waals surface area contributed by atoms with Crippen LogP contribution in [0.2, 0.25) is 0 Å². The third-order valence-electron chi connectivity index (χ3n) is 3.51. The average molecular weight is 359 g/mol. The molecule has 0 aliphatic heterocycles. The predicted molar refractivity (Wildman–Crippen MR) is 82.1 cm³/mol. The van der Waals surface area contributed by atoms with E-state index in [1.165, 1.54) is 36.8 Å². The number of nitrogens with one attached hydrogen (secondary N) is 1. The van der Waals surface area contributed by atoms with Crippen molar-refractivity contribution in [2.45, 2.75) is 38.1 Å². The molecule has 0 heterocycles. The summed E-state index contributed by atoms with van der Waals surface area (Å²) in [5.41, 5.74) is 2.65. The maximum atomic E-state index is 13.2. The third kappa shape index (κ3) is 3.32. The van der Waals surface area contributed by atoms with E-state index in [0.717, 1.165) is 9.99 Å². The molecule has 0 saturated carbocycles. The van der Waals surface area contributed by atoms with Crippen molar-refractivity contribution in [3.63, 3.8) is 0 Å². The van der Waals surface area contributed by atoms with Crippen LogP contribution in [0.1, 0.15) is 43.7 Å². The van der Waals surface area contributed by atoms with Crippen molar-refractivity contribution in [3.8, 4) is 0 Å². The first kappa shape index (κ1) is 14.0. The number of hydrogen-bond acceptors (Lipinski definition) is 1. The molecule has 0 spiro atoms. The minimum absolute atomic E-state index is 0.159. The minimum Gasteiger partial charge on any atom is -0.310 e. The zero-order valence-electron chi connectivity index (χ0n) is 10.7. The second kappa shape index (κ2) is 6.66. The molecule has 1 unspecified atom stereocenters. The monoisotopic (exact) mass is 359 g/mol. The third-order valence-corrected chi connectivity index (χ3v) is 4.44. The van der Waals surface area contributed by atoms with Crippen molar-refractivity contribution < 1.29 is 4.39 Å². The van der Waals surface area contributed by atoms with Gasteiger partial charge >= 0.3 is 0 Å². The maximum Gasteiger partial charge on any atom is 0.124 e. The summed E-state index contributed by atoms with van der Waals surface area (Å²) in [7, 11) is 1.98. The van der Waals surface area contributed by atoms with Gasteiger partial charge in [0.25, 0.3) is 0 Å². The largest absolute Gasteiger partial charge is 0.310 e. The standard InChI is InChI=1S/C15H19FIN/c1-18-15(11-6-4-2-3-5-7-11)13-9-8-12(16)10-14(13)17/h6,8-10,15,18H,2-5,7H2,1H3. The summed E-state index contributed by atoms with van der Waals surface area (Å²) < 4.78 is 14.2. The van der Waals surface area contributed by atoms with Gasteiger partial charge in [-0.3, -0.25) is 0 Å². The Morgan fingerprint density at radius 1 is 1.28 bits per heavy atom. The van der Waals surface area contributed by atoms with E-state index >= 15 is 0 Å². The van der Waals surface area contributed by atoms with Gasteiger partial charge in [0.2, 0.25) is 0 Å². The smallest absolute Gasteiger partial charge is 0.124 e. The first-order chi connectivity index (χ1) is 8.72. The summed E-state index contributed by atoms with van der Waals surface area (Å²) in [4.78, 5) is 0. The van der Waals surface area contributed by atoms with Gasteiger partial charge in [0, 0.05) is 3.57 Å². The van der Waals surface area contributed by atoms with Crippen molar-refractivity contribution in [2.75, 3.05) is 7.05 Å². The Morgan fingerprint density at radius 2 is 2.11 bits per heavy atom. The van der Waals surface area contributed by atoms with Gasteiger partial charge in [0.05, 0.1) is 6.04 Å². The molecule has 1 aliphatic carbocycles. The van der Waals surface area contributed by atoms with Crippen LogP contribution in [-0.4, -0.2) is 7.05 Å². The first-order valence-electron chi connectivity index (χ1n) is 6.53. The zero-order valence-corrected chi connectivity index (χ0v) is 12.8. The molecule has 0 fully saturated rings. The van der Waals surface area contributed by atoms with Gasteiger partial charge in [0.15, 0.2) is 0 Å². The van der Waals surface area contributed by atoms with Crippen LogP contribution in [0.4, 0.5) is 4.39 Å². The average Bonchev–Trinajstić information content (AvgIpc) is 2.62. The summed E-state index contributed by atoms with van der Waals surface area (Å²) in [5, 5.41) is 3.38. The van der Waals surface area contributed by atoms with Crippen LogP contribution in [-0.2, 0) is 0 Å². The molecule has 1 aliphatic rings. The van der Waals surface area contributed by atoms with Gasteiger partial charge in [-0.25, -0.2) is 4.39 Å².